The number of hydrogen-bond donors (Lipinski definition) is 1. The standard InChI is InChI=1S/C9H16O2.H3N/c1-5-6-11-9(10)8(4)7(2)3;/h5-6H2,1-4H3;1H3. The van der Waals surface area contributed by atoms with Crippen LogP contribution in [-0.4, -0.2) is 12.6 Å². The SMILES string of the molecule is CCCOC(=O)C(C)=C(C)C.N. The lowest BCUT2D eigenvalue weighted by molar-refractivity contribution is -0.139. The van der Waals surface area contributed by atoms with E-state index in [2.05, 4.69) is 0 Å². The summed E-state index contributed by atoms with van der Waals surface area (Å²) in [4.78, 5) is 11.1. The van der Waals surface area contributed by atoms with Crippen LogP contribution in [0.5, 0.6) is 0 Å². The molecule has 0 aromatic rings. The van der Waals surface area contributed by atoms with Crippen molar-refractivity contribution in [2.24, 2.45) is 0 Å². The Labute approximate surface area is 74.4 Å². The molecule has 3 nitrogen and oxygen atoms in total. The Morgan fingerprint density at radius 3 is 2.08 bits per heavy atom. The number of carbonyl (C=O) groups excluding carboxylic acids is 1. The van der Waals surface area contributed by atoms with Gasteiger partial charge in [-0.2, -0.15) is 0 Å². The van der Waals surface area contributed by atoms with E-state index in [1.165, 1.54) is 0 Å². The summed E-state index contributed by atoms with van der Waals surface area (Å²) in [5.74, 6) is -0.188. The van der Waals surface area contributed by atoms with Crippen molar-refractivity contribution in [2.75, 3.05) is 6.61 Å². The third kappa shape index (κ3) is 4.91. The first-order valence-corrected chi connectivity index (χ1v) is 3.90. The zero-order valence-electron chi connectivity index (χ0n) is 8.44. The highest BCUT2D eigenvalue weighted by atomic mass is 16.5. The molecule has 0 rings (SSSR count). The Hall–Kier alpha value is -0.830. The van der Waals surface area contributed by atoms with Crippen molar-refractivity contribution < 1.29 is 9.53 Å². The number of ether oxygens (including phenoxy) is 1. The molecule has 0 heterocycles. The second-order valence-electron chi connectivity index (χ2n) is 2.76. The topological polar surface area (TPSA) is 61.3 Å². The van der Waals surface area contributed by atoms with Gasteiger partial charge in [0.25, 0.3) is 0 Å². The van der Waals surface area contributed by atoms with E-state index in [1.54, 1.807) is 6.92 Å². The Morgan fingerprint density at radius 2 is 1.75 bits per heavy atom. The van der Waals surface area contributed by atoms with Crippen LogP contribution in [0.1, 0.15) is 34.1 Å². The van der Waals surface area contributed by atoms with Crippen molar-refractivity contribution in [2.45, 2.75) is 34.1 Å². The highest BCUT2D eigenvalue weighted by Crippen LogP contribution is 2.03. The first-order chi connectivity index (χ1) is 5.09. The van der Waals surface area contributed by atoms with Crippen LogP contribution < -0.4 is 6.15 Å². The Bertz CT molecular complexity index is 169. The van der Waals surface area contributed by atoms with E-state index in [0.29, 0.717) is 6.61 Å². The van der Waals surface area contributed by atoms with Gasteiger partial charge in [0.1, 0.15) is 0 Å². The summed E-state index contributed by atoms with van der Waals surface area (Å²) in [5.41, 5.74) is 1.74. The monoisotopic (exact) mass is 173 g/mol. The predicted molar refractivity (Wildman–Crippen MR) is 50.3 cm³/mol. The van der Waals surface area contributed by atoms with Crippen LogP contribution in [0.25, 0.3) is 0 Å². The molecule has 0 aromatic heterocycles. The van der Waals surface area contributed by atoms with Gasteiger partial charge in [0.2, 0.25) is 0 Å². The van der Waals surface area contributed by atoms with Gasteiger partial charge in [-0.15, -0.1) is 0 Å². The molecular weight excluding hydrogens is 154 g/mol. The van der Waals surface area contributed by atoms with Crippen molar-refractivity contribution in [1.82, 2.24) is 6.15 Å². The lowest BCUT2D eigenvalue weighted by Crippen LogP contribution is -2.07. The molecule has 0 saturated carbocycles. The lowest BCUT2D eigenvalue weighted by Gasteiger charge is -2.03. The molecular formula is C9H19NO2. The average molecular weight is 173 g/mol. The van der Waals surface area contributed by atoms with Gasteiger partial charge in [-0.05, 0) is 27.2 Å². The van der Waals surface area contributed by atoms with Gasteiger partial charge in [0, 0.05) is 5.57 Å². The minimum Gasteiger partial charge on any atom is -0.462 e. The van der Waals surface area contributed by atoms with Crippen molar-refractivity contribution >= 4 is 5.97 Å². The Kier molecular flexibility index (Phi) is 7.85. The molecule has 0 aromatic carbocycles. The van der Waals surface area contributed by atoms with Gasteiger partial charge in [-0.1, -0.05) is 12.5 Å². The largest absolute Gasteiger partial charge is 0.462 e. The van der Waals surface area contributed by atoms with Crippen LogP contribution in [0.15, 0.2) is 11.1 Å². The highest BCUT2D eigenvalue weighted by Gasteiger charge is 2.05. The molecule has 0 radical (unpaired) electrons. The first kappa shape index (κ1) is 13.7. The fourth-order valence-corrected chi connectivity index (χ4v) is 0.507. The van der Waals surface area contributed by atoms with E-state index in [9.17, 15) is 4.79 Å². The van der Waals surface area contributed by atoms with Crippen molar-refractivity contribution in [3.05, 3.63) is 11.1 Å². The summed E-state index contributed by atoms with van der Waals surface area (Å²) in [6.07, 6.45) is 0.877. The molecule has 0 atom stereocenters. The van der Waals surface area contributed by atoms with Gasteiger partial charge < -0.3 is 10.9 Å². The molecule has 0 aliphatic carbocycles. The number of rotatable bonds is 3. The lowest BCUT2D eigenvalue weighted by atomic mass is 10.2. The van der Waals surface area contributed by atoms with E-state index in [0.717, 1.165) is 17.6 Å². The molecule has 0 aliphatic heterocycles. The van der Waals surface area contributed by atoms with E-state index in [4.69, 9.17) is 4.74 Å². The molecule has 0 saturated heterocycles. The number of carbonyl (C=O) groups is 1. The Balaban J connectivity index is 0. The van der Waals surface area contributed by atoms with Crippen LogP contribution in [-0.2, 0) is 9.53 Å². The highest BCUT2D eigenvalue weighted by molar-refractivity contribution is 5.88. The van der Waals surface area contributed by atoms with Gasteiger partial charge in [0.05, 0.1) is 6.61 Å². The van der Waals surface area contributed by atoms with Gasteiger partial charge >= 0.3 is 5.97 Å². The second kappa shape index (κ2) is 6.85. The zero-order chi connectivity index (χ0) is 8.85. The normalized spacial score (nSPS) is 8.33. The van der Waals surface area contributed by atoms with Gasteiger partial charge in [-0.25, -0.2) is 4.79 Å². The number of allylic oxidation sites excluding steroid dienone is 1. The smallest absolute Gasteiger partial charge is 0.333 e. The number of esters is 1. The summed E-state index contributed by atoms with van der Waals surface area (Å²) < 4.78 is 4.92. The summed E-state index contributed by atoms with van der Waals surface area (Å²) >= 11 is 0. The third-order valence-electron chi connectivity index (χ3n) is 1.49. The quantitative estimate of drug-likeness (QED) is 0.526. The molecule has 0 unspecified atom stereocenters. The third-order valence-corrected chi connectivity index (χ3v) is 1.49. The van der Waals surface area contributed by atoms with E-state index in [1.807, 2.05) is 20.8 Å². The summed E-state index contributed by atoms with van der Waals surface area (Å²) in [6, 6.07) is 0. The number of hydrogen-bond acceptors (Lipinski definition) is 3. The van der Waals surface area contributed by atoms with Crippen molar-refractivity contribution in [3.63, 3.8) is 0 Å². The van der Waals surface area contributed by atoms with Crippen LogP contribution in [0.3, 0.4) is 0 Å². The van der Waals surface area contributed by atoms with E-state index in [-0.39, 0.29) is 12.1 Å². The first-order valence-electron chi connectivity index (χ1n) is 3.90. The van der Waals surface area contributed by atoms with E-state index >= 15 is 0 Å². The molecule has 12 heavy (non-hydrogen) atoms. The molecule has 0 aliphatic rings. The van der Waals surface area contributed by atoms with Gasteiger partial charge in [-0.3, -0.25) is 0 Å². The minimum absolute atomic E-state index is 0. The predicted octanol–water partition coefficient (Wildman–Crippen LogP) is 2.46. The van der Waals surface area contributed by atoms with Crippen LogP contribution in [0.2, 0.25) is 0 Å². The van der Waals surface area contributed by atoms with Crippen molar-refractivity contribution in [3.8, 4) is 0 Å². The van der Waals surface area contributed by atoms with Gasteiger partial charge in [0.15, 0.2) is 0 Å². The second-order valence-corrected chi connectivity index (χ2v) is 2.76. The Morgan fingerprint density at radius 1 is 1.25 bits per heavy atom. The molecule has 0 bridgehead atoms. The van der Waals surface area contributed by atoms with Crippen LogP contribution in [0, 0.1) is 0 Å². The summed E-state index contributed by atoms with van der Waals surface area (Å²) in [7, 11) is 0. The fraction of sp³-hybridized carbons (Fsp3) is 0.667. The summed E-state index contributed by atoms with van der Waals surface area (Å²) in [5, 5.41) is 0. The van der Waals surface area contributed by atoms with Crippen molar-refractivity contribution in [1.29, 1.82) is 0 Å². The fourth-order valence-electron chi connectivity index (χ4n) is 0.507. The average Bonchev–Trinajstić information content (AvgIpc) is 1.98. The maximum absolute atomic E-state index is 11.1. The van der Waals surface area contributed by atoms with E-state index < -0.39 is 0 Å². The molecule has 0 amide bonds. The van der Waals surface area contributed by atoms with Crippen LogP contribution in [0.4, 0.5) is 0 Å². The molecule has 3 N–H and O–H groups in total. The maximum Gasteiger partial charge on any atom is 0.333 e. The molecule has 72 valence electrons. The molecule has 3 heteroatoms. The summed E-state index contributed by atoms with van der Waals surface area (Å²) in [6.45, 7) is 8.09. The molecule has 0 fully saturated rings. The molecule has 0 spiro atoms. The zero-order valence-corrected chi connectivity index (χ0v) is 8.44. The van der Waals surface area contributed by atoms with Crippen LogP contribution >= 0.6 is 0 Å². The minimum atomic E-state index is -0.188. The maximum atomic E-state index is 11.1.